The number of aromatic nitrogens is 4. The Labute approximate surface area is 199 Å². The lowest BCUT2D eigenvalue weighted by molar-refractivity contribution is 0.0920. The second kappa shape index (κ2) is 9.60. The van der Waals surface area contributed by atoms with Crippen LogP contribution in [0.15, 0.2) is 101 Å². The number of nitrogens with zero attached hydrogens (tertiary/aromatic N) is 4. The smallest absolute Gasteiger partial charge is 0.315 e. The Kier molecular flexibility index (Phi) is 6.04. The first-order chi connectivity index (χ1) is 17.1. The summed E-state index contributed by atoms with van der Waals surface area (Å²) in [6.45, 7) is 0.616. The maximum atomic E-state index is 13.3. The quantitative estimate of drug-likeness (QED) is 0.384. The number of carbonyl (C=O) groups is 1. The zero-order valence-corrected chi connectivity index (χ0v) is 18.5. The van der Waals surface area contributed by atoms with Crippen molar-refractivity contribution in [2.24, 2.45) is 0 Å². The Hall–Kier alpha value is -4.79. The van der Waals surface area contributed by atoms with Gasteiger partial charge < -0.3 is 14.3 Å². The van der Waals surface area contributed by atoms with Gasteiger partial charge in [0.2, 0.25) is 0 Å². The van der Waals surface area contributed by atoms with E-state index in [1.54, 1.807) is 48.8 Å². The fourth-order valence-corrected chi connectivity index (χ4v) is 3.62. The van der Waals surface area contributed by atoms with E-state index < -0.39 is 5.91 Å². The SMILES string of the molecule is O=C(c1ccco1)n1nc(-c2cccn(Cc3ccccn3)c2=O)cc1NCc1ccc(F)cc1. The van der Waals surface area contributed by atoms with Crippen LogP contribution in [0.1, 0.15) is 21.8 Å². The molecule has 4 aromatic heterocycles. The van der Waals surface area contributed by atoms with Gasteiger partial charge in [0.25, 0.3) is 5.56 Å². The standard InChI is InChI=1S/C26H20FN5O3/c27-19-10-8-18(9-11-19)16-29-24-15-22(30-32(24)26(34)23-7-4-14-35-23)21-6-3-13-31(25(21)33)17-20-5-1-2-12-28-20/h1-15,29H,16-17H2. The molecule has 0 aliphatic rings. The Balaban J connectivity index is 1.50. The summed E-state index contributed by atoms with van der Waals surface area (Å²) in [6, 6.07) is 19.7. The van der Waals surface area contributed by atoms with E-state index in [0.717, 1.165) is 15.9 Å². The summed E-state index contributed by atoms with van der Waals surface area (Å²) < 4.78 is 21.2. The van der Waals surface area contributed by atoms with E-state index in [2.05, 4.69) is 15.4 Å². The first-order valence-electron chi connectivity index (χ1n) is 10.8. The number of nitrogens with one attached hydrogen (secondary N) is 1. The monoisotopic (exact) mass is 469 g/mol. The minimum Gasteiger partial charge on any atom is -0.459 e. The molecule has 5 aromatic rings. The largest absolute Gasteiger partial charge is 0.459 e. The van der Waals surface area contributed by atoms with Crippen molar-refractivity contribution < 1.29 is 13.6 Å². The molecular formula is C26H20FN5O3. The topological polar surface area (TPSA) is 94.9 Å². The first kappa shape index (κ1) is 22.0. The Morgan fingerprint density at radius 2 is 1.89 bits per heavy atom. The average molecular weight is 469 g/mol. The molecule has 0 saturated heterocycles. The molecule has 0 saturated carbocycles. The van der Waals surface area contributed by atoms with Gasteiger partial charge in [0.1, 0.15) is 17.3 Å². The number of rotatable bonds is 7. The van der Waals surface area contributed by atoms with Crippen LogP contribution >= 0.6 is 0 Å². The number of anilines is 1. The summed E-state index contributed by atoms with van der Waals surface area (Å²) in [7, 11) is 0. The second-order valence-electron chi connectivity index (χ2n) is 7.77. The molecule has 0 bridgehead atoms. The lowest BCUT2D eigenvalue weighted by Crippen LogP contribution is -2.22. The van der Waals surface area contributed by atoms with Gasteiger partial charge in [0, 0.05) is 25.0 Å². The van der Waals surface area contributed by atoms with Crippen LogP contribution in [-0.4, -0.2) is 25.2 Å². The normalized spacial score (nSPS) is 10.9. The minimum atomic E-state index is -0.493. The van der Waals surface area contributed by atoms with Crippen molar-refractivity contribution in [3.8, 4) is 11.3 Å². The number of benzene rings is 1. The van der Waals surface area contributed by atoms with Gasteiger partial charge in [-0.25, -0.2) is 4.39 Å². The van der Waals surface area contributed by atoms with Crippen LogP contribution in [0.2, 0.25) is 0 Å². The number of pyridine rings is 2. The van der Waals surface area contributed by atoms with E-state index in [-0.39, 0.29) is 17.1 Å². The average Bonchev–Trinajstić information content (AvgIpc) is 3.56. The number of carbonyl (C=O) groups excluding carboxylic acids is 1. The molecule has 0 amide bonds. The molecule has 174 valence electrons. The van der Waals surface area contributed by atoms with E-state index >= 15 is 0 Å². The van der Waals surface area contributed by atoms with E-state index in [4.69, 9.17) is 4.42 Å². The lowest BCUT2D eigenvalue weighted by Gasteiger charge is -2.08. The van der Waals surface area contributed by atoms with Gasteiger partial charge in [0.15, 0.2) is 5.76 Å². The molecule has 4 heterocycles. The number of hydrogen-bond acceptors (Lipinski definition) is 6. The Bertz CT molecular complexity index is 1510. The Morgan fingerprint density at radius 1 is 1.03 bits per heavy atom. The third kappa shape index (κ3) is 4.79. The van der Waals surface area contributed by atoms with Crippen molar-refractivity contribution in [3.05, 3.63) is 125 Å². The molecule has 0 radical (unpaired) electrons. The van der Waals surface area contributed by atoms with Crippen LogP contribution in [0.4, 0.5) is 10.2 Å². The van der Waals surface area contributed by atoms with Crippen LogP contribution in [0, 0.1) is 5.82 Å². The fourth-order valence-electron chi connectivity index (χ4n) is 3.62. The minimum absolute atomic E-state index is 0.102. The fraction of sp³-hybridized carbons (Fsp3) is 0.0769. The van der Waals surface area contributed by atoms with Gasteiger partial charge in [-0.15, -0.1) is 0 Å². The lowest BCUT2D eigenvalue weighted by atomic mass is 10.2. The van der Waals surface area contributed by atoms with Crippen LogP contribution in [0.3, 0.4) is 0 Å². The van der Waals surface area contributed by atoms with Crippen molar-refractivity contribution in [1.29, 1.82) is 0 Å². The maximum absolute atomic E-state index is 13.3. The third-order valence-corrected chi connectivity index (χ3v) is 5.38. The molecule has 0 aliphatic carbocycles. The number of hydrogen-bond donors (Lipinski definition) is 1. The predicted molar refractivity (Wildman–Crippen MR) is 127 cm³/mol. The van der Waals surface area contributed by atoms with Gasteiger partial charge in [-0.3, -0.25) is 14.6 Å². The number of halogens is 1. The molecule has 0 fully saturated rings. The van der Waals surface area contributed by atoms with Gasteiger partial charge in [-0.2, -0.15) is 9.78 Å². The molecule has 5 rings (SSSR count). The van der Waals surface area contributed by atoms with E-state index in [0.29, 0.717) is 30.2 Å². The third-order valence-electron chi connectivity index (χ3n) is 5.38. The zero-order chi connectivity index (χ0) is 24.2. The highest BCUT2D eigenvalue weighted by atomic mass is 19.1. The van der Waals surface area contributed by atoms with Crippen LogP contribution in [0.5, 0.6) is 0 Å². The molecule has 9 heteroatoms. The highest BCUT2D eigenvalue weighted by Gasteiger charge is 2.20. The molecule has 35 heavy (non-hydrogen) atoms. The molecule has 0 aliphatic heterocycles. The van der Waals surface area contributed by atoms with Crippen molar-refractivity contribution >= 4 is 11.7 Å². The van der Waals surface area contributed by atoms with E-state index in [1.165, 1.54) is 29.0 Å². The van der Waals surface area contributed by atoms with Crippen molar-refractivity contribution in [3.63, 3.8) is 0 Å². The molecular weight excluding hydrogens is 449 g/mol. The maximum Gasteiger partial charge on any atom is 0.315 e. The highest BCUT2D eigenvalue weighted by Crippen LogP contribution is 2.22. The second-order valence-corrected chi connectivity index (χ2v) is 7.77. The molecule has 0 atom stereocenters. The van der Waals surface area contributed by atoms with Gasteiger partial charge in [0.05, 0.1) is 24.1 Å². The van der Waals surface area contributed by atoms with Gasteiger partial charge >= 0.3 is 5.91 Å². The highest BCUT2D eigenvalue weighted by molar-refractivity contribution is 5.95. The summed E-state index contributed by atoms with van der Waals surface area (Å²) in [5.74, 6) is -0.358. The van der Waals surface area contributed by atoms with Crippen molar-refractivity contribution in [2.45, 2.75) is 13.1 Å². The zero-order valence-electron chi connectivity index (χ0n) is 18.5. The summed E-state index contributed by atoms with van der Waals surface area (Å²) in [5, 5.41) is 7.58. The van der Waals surface area contributed by atoms with Crippen LogP contribution in [0.25, 0.3) is 11.3 Å². The number of furan rings is 1. The van der Waals surface area contributed by atoms with E-state index in [9.17, 15) is 14.0 Å². The summed E-state index contributed by atoms with van der Waals surface area (Å²) in [6.07, 6.45) is 4.75. The summed E-state index contributed by atoms with van der Waals surface area (Å²) in [5.41, 5.74) is 1.94. The summed E-state index contributed by atoms with van der Waals surface area (Å²) in [4.78, 5) is 30.6. The molecule has 0 unspecified atom stereocenters. The van der Waals surface area contributed by atoms with Crippen molar-refractivity contribution in [2.75, 3.05) is 5.32 Å². The van der Waals surface area contributed by atoms with Gasteiger partial charge in [-0.1, -0.05) is 18.2 Å². The molecule has 8 nitrogen and oxygen atoms in total. The van der Waals surface area contributed by atoms with E-state index in [1.807, 2.05) is 18.2 Å². The van der Waals surface area contributed by atoms with Crippen molar-refractivity contribution in [1.82, 2.24) is 19.3 Å². The molecule has 1 aromatic carbocycles. The molecule has 1 N–H and O–H groups in total. The Morgan fingerprint density at radius 3 is 2.63 bits per heavy atom. The molecule has 0 spiro atoms. The summed E-state index contributed by atoms with van der Waals surface area (Å²) >= 11 is 0. The van der Waals surface area contributed by atoms with Crippen LogP contribution in [-0.2, 0) is 13.1 Å². The van der Waals surface area contributed by atoms with Crippen LogP contribution < -0.4 is 10.9 Å². The first-order valence-corrected chi connectivity index (χ1v) is 10.8. The predicted octanol–water partition coefficient (Wildman–Crippen LogP) is 4.19. The van der Waals surface area contributed by atoms with Gasteiger partial charge in [-0.05, 0) is 54.1 Å².